The lowest BCUT2D eigenvalue weighted by atomic mass is 10.2. The van der Waals surface area contributed by atoms with Crippen LogP contribution in [0.25, 0.3) is 5.69 Å². The molecule has 2 N–H and O–H groups in total. The van der Waals surface area contributed by atoms with Crippen molar-refractivity contribution in [1.82, 2.24) is 9.55 Å². The minimum atomic E-state index is -1.32. The van der Waals surface area contributed by atoms with Crippen LogP contribution in [0.5, 0.6) is 11.5 Å². The van der Waals surface area contributed by atoms with Crippen LogP contribution in [-0.2, 0) is 0 Å². The van der Waals surface area contributed by atoms with Gasteiger partial charge in [-0.3, -0.25) is 9.36 Å². The molecule has 24 heavy (non-hydrogen) atoms. The normalized spacial score (nSPS) is 10.3. The summed E-state index contributed by atoms with van der Waals surface area (Å²) in [7, 11) is 0. The number of ether oxygens (including phenoxy) is 1. The summed E-state index contributed by atoms with van der Waals surface area (Å²) in [5, 5.41) is 9.05. The largest absolute Gasteiger partial charge is 0.477 e. The standard InChI is InChI=1S/C17H12N2O4S/c20-15-14(16(21)22)10-18-17(24)19(15)11-6-8-13(9-7-11)23-12-4-2-1-3-5-12/h1-10H,(H,18,24)(H,21,22). The van der Waals surface area contributed by atoms with Gasteiger partial charge in [0.1, 0.15) is 17.1 Å². The molecule has 0 saturated carbocycles. The first-order chi connectivity index (χ1) is 11.6. The molecule has 0 aliphatic rings. The number of carboxylic acid groups (broad SMARTS) is 1. The molecular weight excluding hydrogens is 328 g/mol. The minimum Gasteiger partial charge on any atom is -0.477 e. The second-order valence-corrected chi connectivity index (χ2v) is 5.25. The lowest BCUT2D eigenvalue weighted by Crippen LogP contribution is -2.26. The molecule has 0 unspecified atom stereocenters. The van der Waals surface area contributed by atoms with Crippen molar-refractivity contribution < 1.29 is 14.6 Å². The fraction of sp³-hybridized carbons (Fsp3) is 0. The first-order valence-electron chi connectivity index (χ1n) is 6.97. The van der Waals surface area contributed by atoms with Gasteiger partial charge in [0, 0.05) is 6.20 Å². The maximum Gasteiger partial charge on any atom is 0.342 e. The molecule has 1 heterocycles. The topological polar surface area (TPSA) is 84.3 Å². The molecule has 120 valence electrons. The summed E-state index contributed by atoms with van der Waals surface area (Å²) in [5.41, 5.74) is -0.624. The number of para-hydroxylation sites is 1. The summed E-state index contributed by atoms with van der Waals surface area (Å²) in [4.78, 5) is 26.0. The summed E-state index contributed by atoms with van der Waals surface area (Å²) in [6.45, 7) is 0. The Morgan fingerprint density at radius 2 is 1.67 bits per heavy atom. The van der Waals surface area contributed by atoms with Gasteiger partial charge in [-0.1, -0.05) is 18.2 Å². The maximum atomic E-state index is 12.3. The van der Waals surface area contributed by atoms with Crippen molar-refractivity contribution in [3.8, 4) is 17.2 Å². The van der Waals surface area contributed by atoms with Gasteiger partial charge in [0.15, 0.2) is 4.77 Å². The van der Waals surface area contributed by atoms with E-state index in [-0.39, 0.29) is 10.3 Å². The van der Waals surface area contributed by atoms with Crippen LogP contribution in [0.3, 0.4) is 0 Å². The third-order valence-corrected chi connectivity index (χ3v) is 3.58. The Morgan fingerprint density at radius 3 is 2.29 bits per heavy atom. The molecule has 0 aliphatic carbocycles. The Labute approximate surface area is 141 Å². The molecule has 0 spiro atoms. The SMILES string of the molecule is O=C(O)c1c[nH]c(=S)n(-c2ccc(Oc3ccccc3)cc2)c1=O. The first-order valence-corrected chi connectivity index (χ1v) is 7.38. The van der Waals surface area contributed by atoms with E-state index in [0.717, 1.165) is 10.8 Å². The second kappa shape index (κ2) is 6.51. The van der Waals surface area contributed by atoms with Gasteiger partial charge < -0.3 is 14.8 Å². The van der Waals surface area contributed by atoms with Crippen LogP contribution in [-0.4, -0.2) is 20.6 Å². The van der Waals surface area contributed by atoms with Gasteiger partial charge in [-0.25, -0.2) is 4.79 Å². The highest BCUT2D eigenvalue weighted by atomic mass is 32.1. The highest BCUT2D eigenvalue weighted by molar-refractivity contribution is 7.71. The Morgan fingerprint density at radius 1 is 1.04 bits per heavy atom. The molecule has 0 aliphatic heterocycles. The highest BCUT2D eigenvalue weighted by Crippen LogP contribution is 2.22. The number of aromatic nitrogens is 2. The van der Waals surface area contributed by atoms with E-state index < -0.39 is 11.5 Å². The molecule has 0 fully saturated rings. The van der Waals surface area contributed by atoms with Crippen LogP contribution in [0.1, 0.15) is 10.4 Å². The van der Waals surface area contributed by atoms with E-state index in [1.807, 2.05) is 30.3 Å². The number of hydrogen-bond acceptors (Lipinski definition) is 4. The Kier molecular flexibility index (Phi) is 4.26. The Bertz CT molecular complexity index is 992. The predicted octanol–water partition coefficient (Wildman–Crippen LogP) is 3.39. The van der Waals surface area contributed by atoms with Crippen LogP contribution in [0.15, 0.2) is 65.6 Å². The van der Waals surface area contributed by atoms with Crippen LogP contribution >= 0.6 is 12.2 Å². The number of H-pyrrole nitrogens is 1. The van der Waals surface area contributed by atoms with Gasteiger partial charge in [-0.05, 0) is 48.6 Å². The number of aromatic carboxylic acids is 1. The predicted molar refractivity (Wildman–Crippen MR) is 90.7 cm³/mol. The fourth-order valence-corrected chi connectivity index (χ4v) is 2.40. The van der Waals surface area contributed by atoms with Gasteiger partial charge in [-0.15, -0.1) is 0 Å². The quantitative estimate of drug-likeness (QED) is 0.711. The lowest BCUT2D eigenvalue weighted by molar-refractivity contribution is 0.0694. The van der Waals surface area contributed by atoms with Gasteiger partial charge in [0.25, 0.3) is 5.56 Å². The van der Waals surface area contributed by atoms with Gasteiger partial charge in [0.05, 0.1) is 5.69 Å². The number of nitrogens with one attached hydrogen (secondary N) is 1. The summed E-state index contributed by atoms with van der Waals surface area (Å²) in [6, 6.07) is 15.9. The summed E-state index contributed by atoms with van der Waals surface area (Å²) in [6.07, 6.45) is 1.09. The first kappa shape index (κ1) is 15.7. The van der Waals surface area contributed by atoms with Crippen LogP contribution < -0.4 is 10.3 Å². The van der Waals surface area contributed by atoms with Crippen molar-refractivity contribution in [2.75, 3.05) is 0 Å². The second-order valence-electron chi connectivity index (χ2n) is 4.86. The van der Waals surface area contributed by atoms with Crippen molar-refractivity contribution in [1.29, 1.82) is 0 Å². The molecule has 0 amide bonds. The van der Waals surface area contributed by atoms with E-state index in [0.29, 0.717) is 17.2 Å². The van der Waals surface area contributed by atoms with Gasteiger partial charge >= 0.3 is 5.97 Å². The molecule has 0 atom stereocenters. The van der Waals surface area contributed by atoms with Crippen molar-refractivity contribution in [2.45, 2.75) is 0 Å². The van der Waals surface area contributed by atoms with Crippen molar-refractivity contribution >= 4 is 18.2 Å². The summed E-state index contributed by atoms with van der Waals surface area (Å²) < 4.78 is 6.92. The average molecular weight is 340 g/mol. The van der Waals surface area contributed by atoms with Crippen LogP contribution in [0.4, 0.5) is 0 Å². The number of rotatable bonds is 4. The van der Waals surface area contributed by atoms with Crippen molar-refractivity contribution in [2.24, 2.45) is 0 Å². The molecule has 0 saturated heterocycles. The van der Waals surface area contributed by atoms with Gasteiger partial charge in [-0.2, -0.15) is 0 Å². The molecule has 0 radical (unpaired) electrons. The van der Waals surface area contributed by atoms with E-state index in [9.17, 15) is 9.59 Å². The number of nitrogens with zero attached hydrogens (tertiary/aromatic N) is 1. The number of hydrogen-bond donors (Lipinski definition) is 2. The summed E-state index contributed by atoms with van der Waals surface area (Å²) >= 11 is 5.09. The molecule has 2 aromatic carbocycles. The number of aromatic amines is 1. The Balaban J connectivity index is 1.97. The molecule has 1 aromatic heterocycles. The van der Waals surface area contributed by atoms with E-state index in [1.165, 1.54) is 0 Å². The lowest BCUT2D eigenvalue weighted by Gasteiger charge is -2.09. The monoisotopic (exact) mass is 340 g/mol. The average Bonchev–Trinajstić information content (AvgIpc) is 2.57. The zero-order valence-corrected chi connectivity index (χ0v) is 13.1. The number of carbonyl (C=O) groups is 1. The summed E-state index contributed by atoms with van der Waals surface area (Å²) in [5.74, 6) is -0.0427. The van der Waals surface area contributed by atoms with Crippen LogP contribution in [0, 0.1) is 4.77 Å². The van der Waals surface area contributed by atoms with E-state index in [4.69, 9.17) is 22.1 Å². The molecule has 6 nitrogen and oxygen atoms in total. The van der Waals surface area contributed by atoms with Crippen LogP contribution in [0.2, 0.25) is 0 Å². The molecular formula is C17H12N2O4S. The van der Waals surface area contributed by atoms with Gasteiger partial charge in [0.2, 0.25) is 0 Å². The number of benzene rings is 2. The minimum absolute atomic E-state index is 0.113. The van der Waals surface area contributed by atoms with Crippen molar-refractivity contribution in [3.63, 3.8) is 0 Å². The third kappa shape index (κ3) is 3.11. The third-order valence-electron chi connectivity index (χ3n) is 3.28. The maximum absolute atomic E-state index is 12.3. The molecule has 3 rings (SSSR count). The smallest absolute Gasteiger partial charge is 0.342 e. The molecule has 3 aromatic rings. The molecule has 0 bridgehead atoms. The highest BCUT2D eigenvalue weighted by Gasteiger charge is 2.13. The van der Waals surface area contributed by atoms with E-state index >= 15 is 0 Å². The zero-order valence-electron chi connectivity index (χ0n) is 12.3. The molecule has 7 heteroatoms. The Hall–Kier alpha value is -3.19. The zero-order chi connectivity index (χ0) is 17.1. The number of carboxylic acids is 1. The van der Waals surface area contributed by atoms with E-state index in [2.05, 4.69) is 4.98 Å². The van der Waals surface area contributed by atoms with Crippen molar-refractivity contribution in [3.05, 3.63) is 81.5 Å². The fourth-order valence-electron chi connectivity index (χ4n) is 2.15. The van der Waals surface area contributed by atoms with E-state index in [1.54, 1.807) is 24.3 Å².